The molecule has 1 aliphatic rings. The van der Waals surface area contributed by atoms with Gasteiger partial charge in [0.2, 0.25) is 0 Å². The van der Waals surface area contributed by atoms with E-state index in [1.165, 1.54) is 44.2 Å². The van der Waals surface area contributed by atoms with Crippen molar-refractivity contribution in [2.45, 2.75) is 51.5 Å². The zero-order valence-corrected chi connectivity index (χ0v) is 11.5. The molecule has 1 saturated carbocycles. The summed E-state index contributed by atoms with van der Waals surface area (Å²) in [6.45, 7) is 4.36. The third kappa shape index (κ3) is 2.74. The topological polar surface area (TPSA) is 26.0 Å². The standard InChI is InChI=1S/C16H24FN/c1-3-12-4-6-13(7-5-12)16(2,18)14-8-10-15(17)11-9-14/h8-13H,3-7,18H2,1-2H3. The van der Waals surface area contributed by atoms with Crippen LogP contribution in [-0.4, -0.2) is 0 Å². The predicted molar refractivity (Wildman–Crippen MR) is 73.7 cm³/mol. The molecule has 1 atom stereocenters. The van der Waals surface area contributed by atoms with Crippen LogP contribution in [0.4, 0.5) is 4.39 Å². The molecule has 1 aromatic carbocycles. The van der Waals surface area contributed by atoms with Gasteiger partial charge >= 0.3 is 0 Å². The van der Waals surface area contributed by atoms with Gasteiger partial charge in [-0.3, -0.25) is 0 Å². The summed E-state index contributed by atoms with van der Waals surface area (Å²) in [6.07, 6.45) is 6.25. The third-order valence-electron chi connectivity index (χ3n) is 4.74. The van der Waals surface area contributed by atoms with Crippen LogP contribution in [0.15, 0.2) is 24.3 Å². The Morgan fingerprint density at radius 2 is 1.72 bits per heavy atom. The Bertz CT molecular complexity index is 375. The summed E-state index contributed by atoms with van der Waals surface area (Å²) >= 11 is 0. The fourth-order valence-electron chi connectivity index (χ4n) is 3.22. The molecule has 1 aliphatic carbocycles. The first kappa shape index (κ1) is 13.5. The maximum absolute atomic E-state index is 13.0. The van der Waals surface area contributed by atoms with E-state index < -0.39 is 0 Å². The number of nitrogens with two attached hydrogens (primary N) is 1. The smallest absolute Gasteiger partial charge is 0.123 e. The highest BCUT2D eigenvalue weighted by Gasteiger charge is 2.34. The maximum Gasteiger partial charge on any atom is 0.123 e. The molecule has 1 fully saturated rings. The van der Waals surface area contributed by atoms with Gasteiger partial charge in [0.05, 0.1) is 0 Å². The van der Waals surface area contributed by atoms with Crippen molar-refractivity contribution in [3.8, 4) is 0 Å². The average Bonchev–Trinajstić information content (AvgIpc) is 2.39. The Kier molecular flexibility index (Phi) is 4.06. The minimum absolute atomic E-state index is 0.191. The second-order valence-electron chi connectivity index (χ2n) is 5.92. The van der Waals surface area contributed by atoms with E-state index in [2.05, 4.69) is 13.8 Å². The third-order valence-corrected chi connectivity index (χ3v) is 4.74. The molecule has 2 rings (SSSR count). The summed E-state index contributed by atoms with van der Waals surface area (Å²) in [5.41, 5.74) is 7.26. The summed E-state index contributed by atoms with van der Waals surface area (Å²) in [6, 6.07) is 6.69. The average molecular weight is 249 g/mol. The van der Waals surface area contributed by atoms with E-state index in [9.17, 15) is 4.39 Å². The minimum Gasteiger partial charge on any atom is -0.321 e. The van der Waals surface area contributed by atoms with E-state index in [1.54, 1.807) is 0 Å². The molecular formula is C16H24FN. The first-order chi connectivity index (χ1) is 8.54. The molecule has 0 spiro atoms. The summed E-state index contributed by atoms with van der Waals surface area (Å²) < 4.78 is 13.0. The predicted octanol–water partition coefficient (Wildman–Crippen LogP) is 4.22. The van der Waals surface area contributed by atoms with Crippen molar-refractivity contribution in [1.82, 2.24) is 0 Å². The number of halogens is 1. The minimum atomic E-state index is -0.327. The fourth-order valence-corrected chi connectivity index (χ4v) is 3.22. The normalized spacial score (nSPS) is 27.8. The first-order valence-corrected chi connectivity index (χ1v) is 7.09. The number of benzene rings is 1. The molecule has 2 N–H and O–H groups in total. The largest absolute Gasteiger partial charge is 0.321 e. The first-order valence-electron chi connectivity index (χ1n) is 7.09. The maximum atomic E-state index is 13.0. The van der Waals surface area contributed by atoms with Gasteiger partial charge in [0.1, 0.15) is 5.82 Å². The molecule has 0 radical (unpaired) electrons. The fraction of sp³-hybridized carbons (Fsp3) is 0.625. The van der Waals surface area contributed by atoms with E-state index in [4.69, 9.17) is 5.73 Å². The van der Waals surface area contributed by atoms with Crippen molar-refractivity contribution in [1.29, 1.82) is 0 Å². The Labute approximate surface area is 110 Å². The van der Waals surface area contributed by atoms with Crippen molar-refractivity contribution in [2.75, 3.05) is 0 Å². The van der Waals surface area contributed by atoms with Gasteiger partial charge in [0, 0.05) is 5.54 Å². The van der Waals surface area contributed by atoms with Crippen LogP contribution in [0.2, 0.25) is 0 Å². The van der Waals surface area contributed by atoms with E-state index in [1.807, 2.05) is 12.1 Å². The second-order valence-corrected chi connectivity index (χ2v) is 5.92. The van der Waals surface area contributed by atoms with Crippen LogP contribution in [0.1, 0.15) is 51.5 Å². The van der Waals surface area contributed by atoms with Gasteiger partial charge in [-0.2, -0.15) is 0 Å². The van der Waals surface area contributed by atoms with Crippen LogP contribution < -0.4 is 5.73 Å². The van der Waals surface area contributed by atoms with Gasteiger partial charge in [0.25, 0.3) is 0 Å². The zero-order chi connectivity index (χ0) is 13.2. The Morgan fingerprint density at radius 3 is 2.22 bits per heavy atom. The van der Waals surface area contributed by atoms with E-state index in [0.717, 1.165) is 11.5 Å². The van der Waals surface area contributed by atoms with Gasteiger partial charge in [-0.05, 0) is 49.3 Å². The van der Waals surface area contributed by atoms with Crippen molar-refractivity contribution in [3.05, 3.63) is 35.6 Å². The summed E-state index contributed by atoms with van der Waals surface area (Å²) in [5.74, 6) is 1.21. The lowest BCUT2D eigenvalue weighted by Crippen LogP contribution is -2.42. The molecule has 1 nitrogen and oxygen atoms in total. The Morgan fingerprint density at radius 1 is 1.17 bits per heavy atom. The SMILES string of the molecule is CCC1CCC(C(C)(N)c2ccc(F)cc2)CC1. The van der Waals surface area contributed by atoms with E-state index in [-0.39, 0.29) is 11.4 Å². The van der Waals surface area contributed by atoms with Crippen LogP contribution in [0.5, 0.6) is 0 Å². The number of hydrogen-bond donors (Lipinski definition) is 1. The van der Waals surface area contributed by atoms with Crippen LogP contribution in [0, 0.1) is 17.7 Å². The van der Waals surface area contributed by atoms with Crippen molar-refractivity contribution in [3.63, 3.8) is 0 Å². The van der Waals surface area contributed by atoms with Gasteiger partial charge in [-0.25, -0.2) is 4.39 Å². The molecule has 100 valence electrons. The second kappa shape index (κ2) is 5.40. The lowest BCUT2D eigenvalue weighted by molar-refractivity contribution is 0.183. The van der Waals surface area contributed by atoms with Crippen molar-refractivity contribution >= 4 is 0 Å². The summed E-state index contributed by atoms with van der Waals surface area (Å²) in [4.78, 5) is 0. The molecular weight excluding hydrogens is 225 g/mol. The summed E-state index contributed by atoms with van der Waals surface area (Å²) in [7, 11) is 0. The van der Waals surface area contributed by atoms with Crippen LogP contribution >= 0.6 is 0 Å². The van der Waals surface area contributed by atoms with Crippen molar-refractivity contribution < 1.29 is 4.39 Å². The Balaban J connectivity index is 2.09. The van der Waals surface area contributed by atoms with E-state index >= 15 is 0 Å². The Hall–Kier alpha value is -0.890. The molecule has 0 amide bonds. The highest BCUT2D eigenvalue weighted by Crippen LogP contribution is 2.40. The molecule has 1 aromatic rings. The quantitative estimate of drug-likeness (QED) is 0.853. The molecule has 0 aromatic heterocycles. The molecule has 18 heavy (non-hydrogen) atoms. The van der Waals surface area contributed by atoms with Crippen LogP contribution in [0.25, 0.3) is 0 Å². The molecule has 0 aliphatic heterocycles. The van der Waals surface area contributed by atoms with E-state index in [0.29, 0.717) is 5.92 Å². The lowest BCUT2D eigenvalue weighted by Gasteiger charge is -2.39. The van der Waals surface area contributed by atoms with Crippen LogP contribution in [-0.2, 0) is 5.54 Å². The molecule has 0 saturated heterocycles. The van der Waals surface area contributed by atoms with Gasteiger partial charge in [0.15, 0.2) is 0 Å². The molecule has 0 bridgehead atoms. The monoisotopic (exact) mass is 249 g/mol. The number of rotatable bonds is 3. The highest BCUT2D eigenvalue weighted by molar-refractivity contribution is 5.25. The summed E-state index contributed by atoms with van der Waals surface area (Å²) in [5, 5.41) is 0. The highest BCUT2D eigenvalue weighted by atomic mass is 19.1. The number of hydrogen-bond acceptors (Lipinski definition) is 1. The molecule has 0 heterocycles. The van der Waals surface area contributed by atoms with Gasteiger partial charge < -0.3 is 5.73 Å². The zero-order valence-electron chi connectivity index (χ0n) is 11.5. The van der Waals surface area contributed by atoms with Crippen LogP contribution in [0.3, 0.4) is 0 Å². The molecule has 1 unspecified atom stereocenters. The lowest BCUT2D eigenvalue weighted by atomic mass is 9.70. The molecule has 2 heteroatoms. The van der Waals surface area contributed by atoms with Crippen molar-refractivity contribution in [2.24, 2.45) is 17.6 Å². The van der Waals surface area contributed by atoms with Gasteiger partial charge in [-0.1, -0.05) is 38.3 Å². The van der Waals surface area contributed by atoms with Gasteiger partial charge in [-0.15, -0.1) is 0 Å².